The summed E-state index contributed by atoms with van der Waals surface area (Å²) in [5.41, 5.74) is 8.27. The second-order valence-electron chi connectivity index (χ2n) is 5.52. The number of nitrogens with zero attached hydrogens (tertiary/aromatic N) is 2. The zero-order valence-corrected chi connectivity index (χ0v) is 11.2. The highest BCUT2D eigenvalue weighted by atomic mass is 16.5. The Bertz CT molecular complexity index is 567. The molecule has 4 nitrogen and oxygen atoms in total. The van der Waals surface area contributed by atoms with E-state index in [0.29, 0.717) is 13.0 Å². The molecule has 0 saturated heterocycles. The molecule has 1 fully saturated rings. The normalized spacial score (nSPS) is 17.2. The molecule has 19 heavy (non-hydrogen) atoms. The van der Waals surface area contributed by atoms with Gasteiger partial charge in [0.15, 0.2) is 5.82 Å². The van der Waals surface area contributed by atoms with Crippen LogP contribution in [-0.2, 0) is 11.8 Å². The zero-order chi connectivity index (χ0) is 13.3. The highest BCUT2D eigenvalue weighted by Gasteiger charge is 2.42. The Balaban J connectivity index is 1.78. The van der Waals surface area contributed by atoms with Gasteiger partial charge in [0.05, 0.1) is 5.41 Å². The molecule has 0 atom stereocenters. The summed E-state index contributed by atoms with van der Waals surface area (Å²) >= 11 is 0. The van der Waals surface area contributed by atoms with Crippen LogP contribution in [-0.4, -0.2) is 16.7 Å². The monoisotopic (exact) mass is 257 g/mol. The molecule has 0 radical (unpaired) electrons. The first kappa shape index (κ1) is 12.4. The van der Waals surface area contributed by atoms with Crippen molar-refractivity contribution >= 4 is 0 Å². The molecule has 1 aliphatic rings. The van der Waals surface area contributed by atoms with Crippen LogP contribution in [0.5, 0.6) is 0 Å². The zero-order valence-electron chi connectivity index (χ0n) is 11.2. The number of hydrogen-bond donors (Lipinski definition) is 1. The maximum atomic E-state index is 5.85. The Kier molecular flexibility index (Phi) is 3.11. The third-order valence-corrected chi connectivity index (χ3v) is 4.07. The maximum absolute atomic E-state index is 5.85. The molecule has 3 rings (SSSR count). The molecule has 0 spiro atoms. The number of benzene rings is 1. The first-order chi connectivity index (χ1) is 9.22. The summed E-state index contributed by atoms with van der Waals surface area (Å²) in [7, 11) is 0. The first-order valence-corrected chi connectivity index (χ1v) is 6.80. The predicted octanol–water partition coefficient (Wildman–Crippen LogP) is 2.35. The molecule has 100 valence electrons. The van der Waals surface area contributed by atoms with Crippen LogP contribution < -0.4 is 5.73 Å². The third kappa shape index (κ3) is 2.28. The van der Waals surface area contributed by atoms with Crippen LogP contribution in [0.4, 0.5) is 0 Å². The largest absolute Gasteiger partial charge is 0.339 e. The van der Waals surface area contributed by atoms with E-state index in [2.05, 4.69) is 41.3 Å². The average molecular weight is 257 g/mol. The van der Waals surface area contributed by atoms with E-state index in [-0.39, 0.29) is 5.41 Å². The molecular weight excluding hydrogens is 238 g/mol. The topological polar surface area (TPSA) is 64.9 Å². The van der Waals surface area contributed by atoms with Gasteiger partial charge < -0.3 is 10.3 Å². The SMILES string of the molecule is Cc1cccc(Cc2noc(C3(CN)CCC3)n2)c1. The van der Waals surface area contributed by atoms with Gasteiger partial charge in [-0.1, -0.05) is 41.4 Å². The predicted molar refractivity (Wildman–Crippen MR) is 72.9 cm³/mol. The van der Waals surface area contributed by atoms with Crippen molar-refractivity contribution in [3.8, 4) is 0 Å². The highest BCUT2D eigenvalue weighted by Crippen LogP contribution is 2.41. The Morgan fingerprint density at radius 2 is 2.21 bits per heavy atom. The van der Waals surface area contributed by atoms with Crippen molar-refractivity contribution in [2.75, 3.05) is 6.54 Å². The van der Waals surface area contributed by atoms with Crippen molar-refractivity contribution in [2.24, 2.45) is 5.73 Å². The first-order valence-electron chi connectivity index (χ1n) is 6.80. The number of aromatic nitrogens is 2. The van der Waals surface area contributed by atoms with Gasteiger partial charge in [0.1, 0.15) is 0 Å². The van der Waals surface area contributed by atoms with Crippen LogP contribution >= 0.6 is 0 Å². The fourth-order valence-electron chi connectivity index (χ4n) is 2.65. The molecule has 0 aliphatic heterocycles. The van der Waals surface area contributed by atoms with E-state index in [1.165, 1.54) is 17.5 Å². The van der Waals surface area contributed by atoms with Crippen molar-refractivity contribution in [3.63, 3.8) is 0 Å². The van der Waals surface area contributed by atoms with Crippen molar-refractivity contribution in [1.82, 2.24) is 10.1 Å². The number of rotatable bonds is 4. The lowest BCUT2D eigenvalue weighted by atomic mass is 9.69. The molecule has 0 amide bonds. The minimum atomic E-state index is -0.0438. The summed E-state index contributed by atoms with van der Waals surface area (Å²) in [6.07, 6.45) is 4.05. The number of nitrogens with two attached hydrogens (primary N) is 1. The number of hydrogen-bond acceptors (Lipinski definition) is 4. The smallest absolute Gasteiger partial charge is 0.234 e. The van der Waals surface area contributed by atoms with Crippen molar-refractivity contribution in [3.05, 3.63) is 47.1 Å². The molecule has 1 aromatic heterocycles. The van der Waals surface area contributed by atoms with E-state index in [9.17, 15) is 0 Å². The van der Waals surface area contributed by atoms with Crippen LogP contribution in [0.1, 0.15) is 42.1 Å². The second-order valence-corrected chi connectivity index (χ2v) is 5.52. The van der Waals surface area contributed by atoms with E-state index in [0.717, 1.165) is 24.6 Å². The molecule has 4 heteroatoms. The Hall–Kier alpha value is -1.68. The van der Waals surface area contributed by atoms with Gasteiger partial charge in [-0.3, -0.25) is 0 Å². The van der Waals surface area contributed by atoms with Gasteiger partial charge in [0.2, 0.25) is 5.89 Å². The molecule has 1 aliphatic carbocycles. The summed E-state index contributed by atoms with van der Waals surface area (Å²) in [4.78, 5) is 4.54. The average Bonchev–Trinajstić information content (AvgIpc) is 2.77. The van der Waals surface area contributed by atoms with Crippen LogP contribution in [0.25, 0.3) is 0 Å². The maximum Gasteiger partial charge on any atom is 0.234 e. The van der Waals surface area contributed by atoms with Gasteiger partial charge in [-0.05, 0) is 25.3 Å². The minimum absolute atomic E-state index is 0.0438. The van der Waals surface area contributed by atoms with Crippen LogP contribution in [0.15, 0.2) is 28.8 Å². The highest BCUT2D eigenvalue weighted by molar-refractivity contribution is 5.25. The molecule has 0 bridgehead atoms. The fraction of sp³-hybridized carbons (Fsp3) is 0.467. The van der Waals surface area contributed by atoms with Crippen LogP contribution in [0, 0.1) is 6.92 Å². The molecule has 2 aromatic rings. The molecule has 1 heterocycles. The lowest BCUT2D eigenvalue weighted by Crippen LogP contribution is -2.41. The molecule has 1 saturated carbocycles. The summed E-state index contributed by atoms with van der Waals surface area (Å²) in [6.45, 7) is 2.68. The molecule has 1 aromatic carbocycles. The summed E-state index contributed by atoms with van der Waals surface area (Å²) in [5, 5.41) is 4.10. The second kappa shape index (κ2) is 4.78. The van der Waals surface area contributed by atoms with Crippen molar-refractivity contribution in [1.29, 1.82) is 0 Å². The molecule has 2 N–H and O–H groups in total. The Morgan fingerprint density at radius 1 is 1.37 bits per heavy atom. The van der Waals surface area contributed by atoms with Gasteiger partial charge in [0, 0.05) is 13.0 Å². The van der Waals surface area contributed by atoms with Crippen molar-refractivity contribution < 1.29 is 4.52 Å². The third-order valence-electron chi connectivity index (χ3n) is 4.07. The molecular formula is C15H19N3O. The standard InChI is InChI=1S/C15H19N3O/c1-11-4-2-5-12(8-11)9-13-17-14(19-18-13)15(10-16)6-3-7-15/h2,4-5,8H,3,6-7,9-10,16H2,1H3. The Labute approximate surface area is 113 Å². The van der Waals surface area contributed by atoms with Crippen LogP contribution in [0.3, 0.4) is 0 Å². The minimum Gasteiger partial charge on any atom is -0.339 e. The van der Waals surface area contributed by atoms with E-state index < -0.39 is 0 Å². The lowest BCUT2D eigenvalue weighted by Gasteiger charge is -2.36. The van der Waals surface area contributed by atoms with E-state index in [1.54, 1.807) is 0 Å². The molecule has 0 unspecified atom stereocenters. The van der Waals surface area contributed by atoms with Gasteiger partial charge in [-0.2, -0.15) is 4.98 Å². The fourth-order valence-corrected chi connectivity index (χ4v) is 2.65. The van der Waals surface area contributed by atoms with Gasteiger partial charge in [0.25, 0.3) is 0 Å². The lowest BCUT2D eigenvalue weighted by molar-refractivity contribution is 0.181. The van der Waals surface area contributed by atoms with E-state index in [4.69, 9.17) is 10.3 Å². The summed E-state index contributed by atoms with van der Waals surface area (Å²) in [5.74, 6) is 1.48. The van der Waals surface area contributed by atoms with Crippen LogP contribution in [0.2, 0.25) is 0 Å². The quantitative estimate of drug-likeness (QED) is 0.913. The van der Waals surface area contributed by atoms with E-state index in [1.807, 2.05) is 0 Å². The van der Waals surface area contributed by atoms with Gasteiger partial charge >= 0.3 is 0 Å². The van der Waals surface area contributed by atoms with Gasteiger partial charge in [-0.25, -0.2) is 0 Å². The summed E-state index contributed by atoms with van der Waals surface area (Å²) in [6, 6.07) is 8.38. The summed E-state index contributed by atoms with van der Waals surface area (Å²) < 4.78 is 5.42. The van der Waals surface area contributed by atoms with E-state index >= 15 is 0 Å². The number of aryl methyl sites for hydroxylation is 1. The Morgan fingerprint density at radius 3 is 2.84 bits per heavy atom. The van der Waals surface area contributed by atoms with Gasteiger partial charge in [-0.15, -0.1) is 0 Å². The van der Waals surface area contributed by atoms with Crippen molar-refractivity contribution in [2.45, 2.75) is 38.0 Å².